The van der Waals surface area contributed by atoms with Gasteiger partial charge in [0.1, 0.15) is 5.65 Å². The van der Waals surface area contributed by atoms with E-state index in [1.165, 1.54) is 29.7 Å². The van der Waals surface area contributed by atoms with Gasteiger partial charge in [-0.25, -0.2) is 9.37 Å². The van der Waals surface area contributed by atoms with Crippen molar-refractivity contribution in [1.82, 2.24) is 9.38 Å². The maximum absolute atomic E-state index is 13.8. The Morgan fingerprint density at radius 2 is 2.00 bits per heavy atom. The van der Waals surface area contributed by atoms with E-state index in [9.17, 15) is 9.18 Å². The summed E-state index contributed by atoms with van der Waals surface area (Å²) in [5.74, 6) is -0.326. The predicted molar refractivity (Wildman–Crippen MR) is 78.1 cm³/mol. The third-order valence-corrected chi connectivity index (χ3v) is 3.26. The topological polar surface area (TPSA) is 43.6 Å². The molecule has 0 aliphatic rings. The Morgan fingerprint density at radius 1 is 1.19 bits per heavy atom. The van der Waals surface area contributed by atoms with Crippen molar-refractivity contribution in [1.29, 1.82) is 0 Å². The quantitative estimate of drug-likeness (QED) is 0.727. The molecule has 0 spiro atoms. The molecule has 0 aliphatic heterocycles. The molecule has 0 unspecified atom stereocenters. The first kappa shape index (κ1) is 13.3. The number of aromatic nitrogens is 2. The second-order valence-electron chi connectivity index (χ2n) is 4.76. The molecule has 0 N–H and O–H groups in total. The summed E-state index contributed by atoms with van der Waals surface area (Å²) in [7, 11) is 1.40. The Morgan fingerprint density at radius 3 is 2.71 bits per heavy atom. The van der Waals surface area contributed by atoms with Gasteiger partial charge in [-0.3, -0.25) is 9.20 Å². The first-order valence-electron chi connectivity index (χ1n) is 6.42. The number of fused-ring (bicyclic) bond motifs is 1. The fourth-order valence-corrected chi connectivity index (χ4v) is 2.18. The largest absolute Gasteiger partial charge is 0.494 e. The van der Waals surface area contributed by atoms with Crippen LogP contribution in [0.1, 0.15) is 5.56 Å². The van der Waals surface area contributed by atoms with Crippen LogP contribution in [0.4, 0.5) is 4.39 Å². The Balaban J connectivity index is 2.19. The van der Waals surface area contributed by atoms with Crippen LogP contribution in [0.25, 0.3) is 16.9 Å². The highest BCUT2D eigenvalue weighted by Gasteiger charge is 2.08. The molecule has 5 heteroatoms. The number of rotatable bonds is 2. The van der Waals surface area contributed by atoms with Gasteiger partial charge in [-0.15, -0.1) is 0 Å². The summed E-state index contributed by atoms with van der Waals surface area (Å²) in [5, 5.41) is 0. The standard InChI is InChI=1S/C16H13FN2O2/c1-10-3-6-15-18-13(8-16(20)19(15)9-10)11-4-5-14(21-2)12(17)7-11/h3-9H,1-2H3. The summed E-state index contributed by atoms with van der Waals surface area (Å²) in [5.41, 5.74) is 2.27. The van der Waals surface area contributed by atoms with Crippen LogP contribution in [0.3, 0.4) is 0 Å². The van der Waals surface area contributed by atoms with Crippen molar-refractivity contribution in [2.75, 3.05) is 7.11 Å². The lowest BCUT2D eigenvalue weighted by Gasteiger charge is -2.07. The molecule has 1 aromatic carbocycles. The van der Waals surface area contributed by atoms with Crippen LogP contribution in [0.2, 0.25) is 0 Å². The second-order valence-corrected chi connectivity index (χ2v) is 4.76. The molecule has 0 saturated heterocycles. The number of benzene rings is 1. The molecule has 0 fully saturated rings. The molecule has 3 rings (SSSR count). The fourth-order valence-electron chi connectivity index (χ4n) is 2.18. The number of ether oxygens (including phenoxy) is 1. The van der Waals surface area contributed by atoms with E-state index in [-0.39, 0.29) is 11.3 Å². The highest BCUT2D eigenvalue weighted by molar-refractivity contribution is 5.62. The lowest BCUT2D eigenvalue weighted by atomic mass is 10.1. The van der Waals surface area contributed by atoms with Gasteiger partial charge in [0.2, 0.25) is 0 Å². The third kappa shape index (κ3) is 2.38. The molecular weight excluding hydrogens is 271 g/mol. The van der Waals surface area contributed by atoms with E-state index in [0.29, 0.717) is 16.9 Å². The molecule has 3 aromatic rings. The average molecular weight is 284 g/mol. The molecule has 2 heterocycles. The van der Waals surface area contributed by atoms with Gasteiger partial charge in [-0.1, -0.05) is 6.07 Å². The minimum absolute atomic E-state index is 0.159. The first-order valence-corrected chi connectivity index (χ1v) is 6.42. The number of pyridine rings is 1. The summed E-state index contributed by atoms with van der Waals surface area (Å²) >= 11 is 0. The molecular formula is C16H13FN2O2. The van der Waals surface area contributed by atoms with Crippen molar-refractivity contribution < 1.29 is 9.13 Å². The van der Waals surface area contributed by atoms with E-state index in [4.69, 9.17) is 4.74 Å². The Labute approximate surface area is 120 Å². The Hall–Kier alpha value is -2.69. The van der Waals surface area contributed by atoms with Gasteiger partial charge >= 0.3 is 0 Å². The minimum atomic E-state index is -0.485. The van der Waals surface area contributed by atoms with E-state index in [0.717, 1.165) is 5.56 Å². The van der Waals surface area contributed by atoms with Crippen LogP contribution in [0.15, 0.2) is 47.4 Å². The fraction of sp³-hybridized carbons (Fsp3) is 0.125. The highest BCUT2D eigenvalue weighted by atomic mass is 19.1. The van der Waals surface area contributed by atoms with Gasteiger partial charge in [0.25, 0.3) is 5.56 Å². The van der Waals surface area contributed by atoms with E-state index in [1.807, 2.05) is 13.0 Å². The molecule has 0 saturated carbocycles. The number of aryl methyl sites for hydroxylation is 1. The summed E-state index contributed by atoms with van der Waals surface area (Å²) in [4.78, 5) is 16.5. The number of nitrogens with zero attached hydrogens (tertiary/aromatic N) is 2. The highest BCUT2D eigenvalue weighted by Crippen LogP contribution is 2.23. The average Bonchev–Trinajstić information content (AvgIpc) is 2.47. The molecule has 0 aliphatic carbocycles. The molecule has 0 atom stereocenters. The Bertz CT molecular complexity index is 887. The maximum Gasteiger partial charge on any atom is 0.258 e. The zero-order chi connectivity index (χ0) is 15.0. The Kier molecular flexibility index (Phi) is 3.17. The molecule has 4 nitrogen and oxygen atoms in total. The van der Waals surface area contributed by atoms with Gasteiger partial charge in [-0.2, -0.15) is 0 Å². The van der Waals surface area contributed by atoms with Crippen molar-refractivity contribution in [3.63, 3.8) is 0 Å². The molecule has 2 aromatic heterocycles. The summed E-state index contributed by atoms with van der Waals surface area (Å²) < 4.78 is 20.1. The maximum atomic E-state index is 13.8. The molecule has 0 bridgehead atoms. The van der Waals surface area contributed by atoms with Gasteiger partial charge in [0.15, 0.2) is 11.6 Å². The van der Waals surface area contributed by atoms with E-state index in [1.54, 1.807) is 18.3 Å². The first-order chi connectivity index (χ1) is 10.1. The lowest BCUT2D eigenvalue weighted by Crippen LogP contribution is -2.14. The number of hydrogen-bond acceptors (Lipinski definition) is 3. The molecule has 106 valence electrons. The van der Waals surface area contributed by atoms with Crippen LogP contribution in [0.5, 0.6) is 5.75 Å². The summed E-state index contributed by atoms with van der Waals surface area (Å²) in [6.45, 7) is 1.90. The van der Waals surface area contributed by atoms with Gasteiger partial charge in [-0.05, 0) is 36.8 Å². The normalized spacial score (nSPS) is 10.8. The lowest BCUT2D eigenvalue weighted by molar-refractivity contribution is 0.386. The van der Waals surface area contributed by atoms with Crippen molar-refractivity contribution >= 4 is 5.65 Å². The van der Waals surface area contributed by atoms with Crippen molar-refractivity contribution in [2.24, 2.45) is 0 Å². The van der Waals surface area contributed by atoms with Gasteiger partial charge < -0.3 is 4.74 Å². The number of hydrogen-bond donors (Lipinski definition) is 0. The van der Waals surface area contributed by atoms with Crippen LogP contribution in [0, 0.1) is 12.7 Å². The zero-order valence-corrected chi connectivity index (χ0v) is 11.6. The van der Waals surface area contributed by atoms with E-state index in [2.05, 4.69) is 4.98 Å². The van der Waals surface area contributed by atoms with Crippen LogP contribution < -0.4 is 10.3 Å². The molecule has 21 heavy (non-hydrogen) atoms. The van der Waals surface area contributed by atoms with Crippen LogP contribution in [-0.4, -0.2) is 16.5 Å². The molecule has 0 amide bonds. The zero-order valence-electron chi connectivity index (χ0n) is 11.6. The van der Waals surface area contributed by atoms with Crippen molar-refractivity contribution in [2.45, 2.75) is 6.92 Å². The van der Waals surface area contributed by atoms with Crippen LogP contribution >= 0.6 is 0 Å². The molecule has 0 radical (unpaired) electrons. The minimum Gasteiger partial charge on any atom is -0.494 e. The van der Waals surface area contributed by atoms with Gasteiger partial charge in [0.05, 0.1) is 12.8 Å². The van der Waals surface area contributed by atoms with Gasteiger partial charge in [0, 0.05) is 17.8 Å². The smallest absolute Gasteiger partial charge is 0.258 e. The second kappa shape index (κ2) is 5.01. The number of halogens is 1. The predicted octanol–water partition coefficient (Wildman–Crippen LogP) is 2.82. The van der Waals surface area contributed by atoms with E-state index >= 15 is 0 Å². The number of methoxy groups -OCH3 is 1. The van der Waals surface area contributed by atoms with Crippen LogP contribution in [-0.2, 0) is 0 Å². The van der Waals surface area contributed by atoms with Crippen molar-refractivity contribution in [3.05, 3.63) is 64.3 Å². The monoisotopic (exact) mass is 284 g/mol. The third-order valence-electron chi connectivity index (χ3n) is 3.26. The summed E-state index contributed by atoms with van der Waals surface area (Å²) in [6, 6.07) is 9.54. The summed E-state index contributed by atoms with van der Waals surface area (Å²) in [6.07, 6.45) is 1.73. The van der Waals surface area contributed by atoms with Crippen molar-refractivity contribution in [3.8, 4) is 17.0 Å². The van der Waals surface area contributed by atoms with E-state index < -0.39 is 5.82 Å². The SMILES string of the molecule is COc1ccc(-c2cc(=O)n3cc(C)ccc3n2)cc1F.